The number of alkyl carbamates (subject to hydrolysis) is 1. The summed E-state index contributed by atoms with van der Waals surface area (Å²) in [4.78, 5) is 13.8. The lowest BCUT2D eigenvalue weighted by molar-refractivity contribution is 0.0499. The van der Waals surface area contributed by atoms with Gasteiger partial charge in [0.25, 0.3) is 0 Å². The summed E-state index contributed by atoms with van der Waals surface area (Å²) in [6.45, 7) is 7.89. The van der Waals surface area contributed by atoms with Gasteiger partial charge in [-0.2, -0.15) is 4.31 Å². The predicted molar refractivity (Wildman–Crippen MR) is 124 cm³/mol. The number of hydrogen-bond acceptors (Lipinski definition) is 5. The summed E-state index contributed by atoms with van der Waals surface area (Å²) in [5.74, 6) is 0.641. The van der Waals surface area contributed by atoms with E-state index in [1.807, 2.05) is 37.3 Å². The van der Waals surface area contributed by atoms with E-state index in [4.69, 9.17) is 4.74 Å². The molecule has 0 aliphatic carbocycles. The lowest BCUT2D eigenvalue weighted by Gasteiger charge is -2.24. The number of aryl methyl sites for hydroxylation is 1. The van der Waals surface area contributed by atoms with Gasteiger partial charge in [-0.15, -0.1) is 11.8 Å². The van der Waals surface area contributed by atoms with Crippen LogP contribution in [0.25, 0.3) is 0 Å². The maximum atomic E-state index is 13.2. The van der Waals surface area contributed by atoms with E-state index in [0.717, 1.165) is 10.5 Å². The standard InChI is InChI=1S/C23H30N2O4S2/c1-17-10-12-20(13-11-17)31(27,28)25-14-18(16-30-19-8-6-5-7-9-19)21(15-25)24-22(26)29-23(2,3)4/h5-13,18,21H,14-16H2,1-4H3,(H,24,26)/t18-,21+/m0/s1. The highest BCUT2D eigenvalue weighted by molar-refractivity contribution is 7.99. The molecular formula is C23H30N2O4S2. The van der Waals surface area contributed by atoms with Crippen LogP contribution in [-0.2, 0) is 14.8 Å². The molecule has 1 aliphatic rings. The number of rotatable bonds is 6. The molecule has 1 heterocycles. The van der Waals surface area contributed by atoms with Crippen molar-refractivity contribution in [1.82, 2.24) is 9.62 Å². The topological polar surface area (TPSA) is 75.7 Å². The first kappa shape index (κ1) is 23.6. The van der Waals surface area contributed by atoms with E-state index in [2.05, 4.69) is 5.32 Å². The Morgan fingerprint density at radius 2 is 1.74 bits per heavy atom. The number of carbonyl (C=O) groups excluding carboxylic acids is 1. The molecule has 1 N–H and O–H groups in total. The molecule has 0 unspecified atom stereocenters. The minimum Gasteiger partial charge on any atom is -0.444 e. The van der Waals surface area contributed by atoms with Crippen LogP contribution in [0.15, 0.2) is 64.4 Å². The Balaban J connectivity index is 1.76. The molecule has 2 atom stereocenters. The smallest absolute Gasteiger partial charge is 0.407 e. The fourth-order valence-electron chi connectivity index (χ4n) is 3.40. The van der Waals surface area contributed by atoms with Crippen molar-refractivity contribution in [1.29, 1.82) is 0 Å². The Morgan fingerprint density at radius 1 is 1.10 bits per heavy atom. The average Bonchev–Trinajstić information content (AvgIpc) is 3.09. The molecule has 3 rings (SSSR count). The molecule has 1 amide bonds. The maximum absolute atomic E-state index is 13.2. The lowest BCUT2D eigenvalue weighted by atomic mass is 10.1. The van der Waals surface area contributed by atoms with Gasteiger partial charge in [0.1, 0.15) is 5.60 Å². The minimum atomic E-state index is -3.64. The van der Waals surface area contributed by atoms with Gasteiger partial charge in [-0.05, 0) is 52.0 Å². The quantitative estimate of drug-likeness (QED) is 0.648. The van der Waals surface area contributed by atoms with Crippen molar-refractivity contribution >= 4 is 27.9 Å². The number of amides is 1. The third-order valence-electron chi connectivity index (χ3n) is 4.98. The molecule has 8 heteroatoms. The number of nitrogens with zero attached hydrogens (tertiary/aromatic N) is 1. The van der Waals surface area contributed by atoms with Crippen LogP contribution < -0.4 is 5.32 Å². The van der Waals surface area contributed by atoms with Crippen LogP contribution in [0.5, 0.6) is 0 Å². The van der Waals surface area contributed by atoms with Crippen molar-refractivity contribution in [2.24, 2.45) is 5.92 Å². The van der Waals surface area contributed by atoms with Crippen LogP contribution >= 0.6 is 11.8 Å². The Bertz CT molecular complexity index is 986. The van der Waals surface area contributed by atoms with E-state index >= 15 is 0 Å². The zero-order valence-electron chi connectivity index (χ0n) is 18.4. The monoisotopic (exact) mass is 462 g/mol. The molecule has 1 aliphatic heterocycles. The van der Waals surface area contributed by atoms with Gasteiger partial charge >= 0.3 is 6.09 Å². The van der Waals surface area contributed by atoms with Crippen LogP contribution in [0.1, 0.15) is 26.3 Å². The molecule has 1 saturated heterocycles. The Labute approximate surface area is 189 Å². The molecule has 31 heavy (non-hydrogen) atoms. The van der Waals surface area contributed by atoms with Gasteiger partial charge in [0.05, 0.1) is 10.9 Å². The second-order valence-electron chi connectivity index (χ2n) is 8.77. The Kier molecular flexibility index (Phi) is 7.34. The first-order chi connectivity index (χ1) is 14.5. The molecule has 168 valence electrons. The number of sulfonamides is 1. The summed E-state index contributed by atoms with van der Waals surface area (Å²) >= 11 is 1.66. The highest BCUT2D eigenvalue weighted by atomic mass is 32.2. The maximum Gasteiger partial charge on any atom is 0.407 e. The molecule has 0 aromatic heterocycles. The number of benzene rings is 2. The molecule has 0 radical (unpaired) electrons. The zero-order valence-corrected chi connectivity index (χ0v) is 20.0. The Morgan fingerprint density at radius 3 is 2.35 bits per heavy atom. The van der Waals surface area contributed by atoms with Crippen molar-refractivity contribution in [2.75, 3.05) is 18.8 Å². The van der Waals surface area contributed by atoms with Gasteiger partial charge in [0.2, 0.25) is 10.0 Å². The molecule has 2 aromatic rings. The van der Waals surface area contributed by atoms with Crippen LogP contribution in [0.4, 0.5) is 4.79 Å². The molecular weight excluding hydrogens is 432 g/mol. The van der Waals surface area contributed by atoms with E-state index in [9.17, 15) is 13.2 Å². The highest BCUT2D eigenvalue weighted by Gasteiger charge is 2.40. The van der Waals surface area contributed by atoms with E-state index in [1.54, 1.807) is 56.8 Å². The van der Waals surface area contributed by atoms with Gasteiger partial charge in [-0.25, -0.2) is 13.2 Å². The zero-order chi connectivity index (χ0) is 22.6. The van der Waals surface area contributed by atoms with Gasteiger partial charge in [-0.3, -0.25) is 0 Å². The third-order valence-corrected chi connectivity index (χ3v) is 8.02. The average molecular weight is 463 g/mol. The third kappa shape index (κ3) is 6.48. The molecule has 1 fully saturated rings. The molecule has 0 bridgehead atoms. The van der Waals surface area contributed by atoms with E-state index in [1.165, 1.54) is 4.31 Å². The van der Waals surface area contributed by atoms with Gasteiger partial charge in [-0.1, -0.05) is 35.9 Å². The predicted octanol–water partition coefficient (Wildman–Crippen LogP) is 4.30. The summed E-state index contributed by atoms with van der Waals surface area (Å²) in [7, 11) is -3.64. The summed E-state index contributed by atoms with van der Waals surface area (Å²) in [5.41, 5.74) is 0.381. The minimum absolute atomic E-state index is 0.0436. The van der Waals surface area contributed by atoms with E-state index in [0.29, 0.717) is 12.3 Å². The second kappa shape index (κ2) is 9.63. The molecule has 0 spiro atoms. The van der Waals surface area contributed by atoms with Crippen LogP contribution in [-0.4, -0.2) is 49.3 Å². The second-order valence-corrected chi connectivity index (χ2v) is 11.8. The summed E-state index contributed by atoms with van der Waals surface area (Å²) in [6, 6.07) is 16.5. The van der Waals surface area contributed by atoms with Gasteiger partial charge in [0.15, 0.2) is 0 Å². The molecule has 0 saturated carbocycles. The van der Waals surface area contributed by atoms with Gasteiger partial charge in [0, 0.05) is 29.7 Å². The molecule has 6 nitrogen and oxygen atoms in total. The van der Waals surface area contributed by atoms with Crippen molar-refractivity contribution < 1.29 is 17.9 Å². The number of ether oxygens (including phenoxy) is 1. The number of carbonyl (C=O) groups is 1. The fourth-order valence-corrected chi connectivity index (χ4v) is 6.02. The van der Waals surface area contributed by atoms with Crippen molar-refractivity contribution in [3.8, 4) is 0 Å². The van der Waals surface area contributed by atoms with Crippen molar-refractivity contribution in [2.45, 2.75) is 49.1 Å². The fraction of sp³-hybridized carbons (Fsp3) is 0.435. The number of hydrogen-bond donors (Lipinski definition) is 1. The first-order valence-corrected chi connectivity index (χ1v) is 12.7. The number of thioether (sulfide) groups is 1. The molecule has 2 aromatic carbocycles. The van der Waals surface area contributed by atoms with Crippen molar-refractivity contribution in [3.05, 3.63) is 60.2 Å². The van der Waals surface area contributed by atoms with E-state index < -0.39 is 21.7 Å². The first-order valence-electron chi connectivity index (χ1n) is 10.3. The van der Waals surface area contributed by atoms with Crippen LogP contribution in [0, 0.1) is 12.8 Å². The highest BCUT2D eigenvalue weighted by Crippen LogP contribution is 2.30. The summed E-state index contributed by atoms with van der Waals surface area (Å²) < 4.78 is 33.3. The lowest BCUT2D eigenvalue weighted by Crippen LogP contribution is -2.44. The normalized spacial score (nSPS) is 19.9. The van der Waals surface area contributed by atoms with Crippen molar-refractivity contribution in [3.63, 3.8) is 0 Å². The summed E-state index contributed by atoms with van der Waals surface area (Å²) in [6.07, 6.45) is -0.526. The van der Waals surface area contributed by atoms with Gasteiger partial charge < -0.3 is 10.1 Å². The van der Waals surface area contributed by atoms with Crippen LogP contribution in [0.2, 0.25) is 0 Å². The SMILES string of the molecule is Cc1ccc(S(=O)(=O)N2C[C@@H](CSc3ccccc3)[C@H](NC(=O)OC(C)(C)C)C2)cc1. The Hall–Kier alpha value is -2.03. The van der Waals surface area contributed by atoms with E-state index in [-0.39, 0.29) is 23.4 Å². The largest absolute Gasteiger partial charge is 0.444 e. The van der Waals surface area contributed by atoms with Crippen LogP contribution in [0.3, 0.4) is 0 Å². The number of nitrogens with one attached hydrogen (secondary N) is 1. The summed E-state index contributed by atoms with van der Waals surface area (Å²) in [5, 5.41) is 2.90.